The maximum Gasteiger partial charge on any atom is 0.321 e. The van der Waals surface area contributed by atoms with Gasteiger partial charge in [0, 0.05) is 22.3 Å². The van der Waals surface area contributed by atoms with Crippen LogP contribution < -0.4 is 5.32 Å². The molecule has 0 bridgehead atoms. The average molecular weight is 431 g/mol. The molecule has 0 radical (unpaired) electrons. The number of likely N-dealkylation sites (tertiary alicyclic amines) is 1. The van der Waals surface area contributed by atoms with Crippen LogP contribution in [-0.4, -0.2) is 24.0 Å². The number of nitrogens with zero attached hydrogens (tertiary/aromatic N) is 2. The summed E-state index contributed by atoms with van der Waals surface area (Å²) in [5.41, 5.74) is 1.36. The topological polar surface area (TPSA) is 56.1 Å². The summed E-state index contributed by atoms with van der Waals surface area (Å²) in [6, 6.07) is 20.0. The van der Waals surface area contributed by atoms with Gasteiger partial charge in [0.2, 0.25) is 0 Å². The van der Waals surface area contributed by atoms with Crippen molar-refractivity contribution < 1.29 is 4.79 Å². The van der Waals surface area contributed by atoms with E-state index in [1.807, 2.05) is 54.6 Å². The number of carbonyl (C=O) groups excluding carboxylic acids is 1. The Morgan fingerprint density at radius 2 is 1.83 bits per heavy atom. The molecule has 0 saturated carbocycles. The third-order valence-corrected chi connectivity index (χ3v) is 5.19. The van der Waals surface area contributed by atoms with Gasteiger partial charge in [-0.2, -0.15) is 5.26 Å². The number of hydrogen-bond acceptors (Lipinski definition) is 2. The molecule has 1 aliphatic heterocycles. The van der Waals surface area contributed by atoms with Gasteiger partial charge in [-0.15, -0.1) is 0 Å². The molecule has 0 spiro atoms. The van der Waals surface area contributed by atoms with Crippen LogP contribution >= 0.6 is 22.6 Å². The lowest BCUT2D eigenvalue weighted by molar-refractivity contribution is 0.183. The molecule has 0 unspecified atom stereocenters. The molecule has 1 fully saturated rings. The van der Waals surface area contributed by atoms with Gasteiger partial charge in [0.05, 0.1) is 11.5 Å². The van der Waals surface area contributed by atoms with Gasteiger partial charge >= 0.3 is 6.03 Å². The lowest BCUT2D eigenvalue weighted by Gasteiger charge is -2.37. The highest BCUT2D eigenvalue weighted by Gasteiger charge is 2.37. The van der Waals surface area contributed by atoms with Crippen LogP contribution in [0.3, 0.4) is 0 Å². The number of hydrogen-bond donors (Lipinski definition) is 1. The van der Waals surface area contributed by atoms with Crippen LogP contribution in [0.4, 0.5) is 10.5 Å². The summed E-state index contributed by atoms with van der Waals surface area (Å²) in [5, 5.41) is 12.7. The standard InChI is InChI=1S/C19H18IN3O/c20-16-7-4-8-17(13-16)22-18(24)23-11-9-19(14-21,10-12-23)15-5-2-1-3-6-15/h1-8,13H,9-12H2,(H,22,24). The Balaban J connectivity index is 1.66. The minimum atomic E-state index is -0.486. The number of halogens is 1. The zero-order valence-electron chi connectivity index (χ0n) is 13.2. The largest absolute Gasteiger partial charge is 0.324 e. The molecule has 0 aliphatic carbocycles. The van der Waals surface area contributed by atoms with Gasteiger partial charge in [0.25, 0.3) is 0 Å². The first kappa shape index (κ1) is 16.8. The Kier molecular flexibility index (Phi) is 5.05. The number of rotatable bonds is 2. The molecular weight excluding hydrogens is 413 g/mol. The summed E-state index contributed by atoms with van der Waals surface area (Å²) in [7, 11) is 0. The molecular formula is C19H18IN3O. The van der Waals surface area contributed by atoms with Crippen molar-refractivity contribution in [1.29, 1.82) is 5.26 Å². The minimum absolute atomic E-state index is 0.100. The van der Waals surface area contributed by atoms with E-state index in [0.717, 1.165) is 14.8 Å². The first-order valence-electron chi connectivity index (χ1n) is 7.91. The third-order valence-electron chi connectivity index (χ3n) is 4.52. The number of benzene rings is 2. The molecule has 4 nitrogen and oxygen atoms in total. The van der Waals surface area contributed by atoms with Crippen LogP contribution in [0.1, 0.15) is 18.4 Å². The number of carbonyl (C=O) groups is 1. The minimum Gasteiger partial charge on any atom is -0.324 e. The summed E-state index contributed by atoms with van der Waals surface area (Å²) in [6.07, 6.45) is 1.32. The maximum atomic E-state index is 12.4. The second-order valence-electron chi connectivity index (χ2n) is 5.99. The zero-order valence-corrected chi connectivity index (χ0v) is 15.4. The normalized spacial score (nSPS) is 16.2. The van der Waals surface area contributed by atoms with Crippen LogP contribution in [0, 0.1) is 14.9 Å². The van der Waals surface area contributed by atoms with Crippen LogP contribution in [-0.2, 0) is 5.41 Å². The number of nitrogens with one attached hydrogen (secondary N) is 1. The maximum absolute atomic E-state index is 12.4. The van der Waals surface area contributed by atoms with Gasteiger partial charge in [-0.3, -0.25) is 0 Å². The first-order chi connectivity index (χ1) is 11.6. The highest BCUT2D eigenvalue weighted by molar-refractivity contribution is 14.1. The molecule has 2 aromatic carbocycles. The van der Waals surface area contributed by atoms with Crippen molar-refractivity contribution in [3.05, 3.63) is 63.7 Å². The molecule has 1 aliphatic rings. The van der Waals surface area contributed by atoms with Crippen LogP contribution in [0.25, 0.3) is 0 Å². The van der Waals surface area contributed by atoms with Gasteiger partial charge in [-0.05, 0) is 59.2 Å². The Hall–Kier alpha value is -2.07. The molecule has 3 rings (SSSR count). The zero-order chi connectivity index (χ0) is 17.0. The van der Waals surface area contributed by atoms with Gasteiger partial charge in [0.1, 0.15) is 0 Å². The fourth-order valence-corrected chi connectivity index (χ4v) is 3.63. The number of amides is 2. The first-order valence-corrected chi connectivity index (χ1v) is 8.99. The summed E-state index contributed by atoms with van der Waals surface area (Å²) in [5.74, 6) is 0. The van der Waals surface area contributed by atoms with Crippen molar-refractivity contribution in [2.45, 2.75) is 18.3 Å². The molecule has 0 atom stereocenters. The lowest BCUT2D eigenvalue weighted by Crippen LogP contribution is -2.46. The highest BCUT2D eigenvalue weighted by Crippen LogP contribution is 2.35. The Morgan fingerprint density at radius 1 is 1.12 bits per heavy atom. The van der Waals surface area contributed by atoms with Crippen LogP contribution in [0.5, 0.6) is 0 Å². The molecule has 0 aromatic heterocycles. The molecule has 2 amide bonds. The second kappa shape index (κ2) is 7.22. The van der Waals surface area contributed by atoms with Gasteiger partial charge in [0.15, 0.2) is 0 Å². The smallest absolute Gasteiger partial charge is 0.321 e. The molecule has 2 aromatic rings. The predicted octanol–water partition coefficient (Wildman–Crippen LogP) is 4.38. The van der Waals surface area contributed by atoms with Crippen molar-refractivity contribution in [1.82, 2.24) is 4.90 Å². The second-order valence-corrected chi connectivity index (χ2v) is 7.23. The van der Waals surface area contributed by atoms with E-state index in [1.54, 1.807) is 4.90 Å². The van der Waals surface area contributed by atoms with E-state index < -0.39 is 5.41 Å². The van der Waals surface area contributed by atoms with Crippen molar-refractivity contribution in [2.75, 3.05) is 18.4 Å². The molecule has 1 heterocycles. The molecule has 1 saturated heterocycles. The van der Waals surface area contributed by atoms with E-state index in [2.05, 4.69) is 34.0 Å². The molecule has 1 N–H and O–H groups in total. The fourth-order valence-electron chi connectivity index (χ4n) is 3.08. The summed E-state index contributed by atoms with van der Waals surface area (Å²) >= 11 is 2.22. The van der Waals surface area contributed by atoms with E-state index in [9.17, 15) is 10.1 Å². The van der Waals surface area contributed by atoms with Gasteiger partial charge < -0.3 is 10.2 Å². The molecule has 122 valence electrons. The van der Waals surface area contributed by atoms with Gasteiger partial charge in [-0.1, -0.05) is 36.4 Å². The number of nitriles is 1. The van der Waals surface area contributed by atoms with Crippen molar-refractivity contribution >= 4 is 34.3 Å². The average Bonchev–Trinajstić information content (AvgIpc) is 2.62. The predicted molar refractivity (Wildman–Crippen MR) is 103 cm³/mol. The van der Waals surface area contributed by atoms with E-state index in [4.69, 9.17) is 0 Å². The van der Waals surface area contributed by atoms with E-state index >= 15 is 0 Å². The molecule has 24 heavy (non-hydrogen) atoms. The van der Waals surface area contributed by atoms with E-state index in [0.29, 0.717) is 25.9 Å². The van der Waals surface area contributed by atoms with E-state index in [1.165, 1.54) is 0 Å². The fraction of sp³-hybridized carbons (Fsp3) is 0.263. The van der Waals surface area contributed by atoms with Crippen molar-refractivity contribution in [2.24, 2.45) is 0 Å². The summed E-state index contributed by atoms with van der Waals surface area (Å²) in [6.45, 7) is 1.16. The lowest BCUT2D eigenvalue weighted by atomic mass is 9.74. The summed E-state index contributed by atoms with van der Waals surface area (Å²) < 4.78 is 1.08. The molecule has 5 heteroatoms. The monoisotopic (exact) mass is 431 g/mol. The van der Waals surface area contributed by atoms with Crippen molar-refractivity contribution in [3.8, 4) is 6.07 Å². The van der Waals surface area contributed by atoms with Crippen LogP contribution in [0.15, 0.2) is 54.6 Å². The van der Waals surface area contributed by atoms with E-state index in [-0.39, 0.29) is 6.03 Å². The number of anilines is 1. The van der Waals surface area contributed by atoms with Gasteiger partial charge in [-0.25, -0.2) is 4.79 Å². The quantitative estimate of drug-likeness (QED) is 0.718. The highest BCUT2D eigenvalue weighted by atomic mass is 127. The number of urea groups is 1. The summed E-state index contributed by atoms with van der Waals surface area (Å²) in [4.78, 5) is 14.2. The third kappa shape index (κ3) is 3.54. The Labute approximate surface area is 155 Å². The van der Waals surface area contributed by atoms with Crippen molar-refractivity contribution in [3.63, 3.8) is 0 Å². The van der Waals surface area contributed by atoms with Crippen LogP contribution in [0.2, 0.25) is 0 Å². The Morgan fingerprint density at radius 3 is 2.46 bits per heavy atom. The number of piperidine rings is 1. The SMILES string of the molecule is N#CC1(c2ccccc2)CCN(C(=O)Nc2cccc(I)c2)CC1. The Bertz CT molecular complexity index is 762.